The molecule has 0 bridgehead atoms. The molecule has 27 heavy (non-hydrogen) atoms. The molecule has 0 saturated carbocycles. The lowest BCUT2D eigenvalue weighted by atomic mass is 9.93. The van der Waals surface area contributed by atoms with Gasteiger partial charge >= 0.3 is 0 Å². The van der Waals surface area contributed by atoms with E-state index in [1.165, 1.54) is 23.5 Å². The number of nitrogens with zero attached hydrogens (tertiary/aromatic N) is 3. The first-order chi connectivity index (χ1) is 12.8. The van der Waals surface area contributed by atoms with Crippen LogP contribution in [0.3, 0.4) is 0 Å². The van der Waals surface area contributed by atoms with E-state index in [9.17, 15) is 4.79 Å². The Hall–Kier alpha value is -2.59. The van der Waals surface area contributed by atoms with Crippen LogP contribution in [0.1, 0.15) is 56.3 Å². The maximum atomic E-state index is 12.4. The Kier molecular flexibility index (Phi) is 7.19. The van der Waals surface area contributed by atoms with E-state index in [1.54, 1.807) is 0 Å². The molecule has 142 valence electrons. The quantitative estimate of drug-likeness (QED) is 0.558. The number of nitrogens with one attached hydrogen (secondary N) is 1. The van der Waals surface area contributed by atoms with E-state index in [-0.39, 0.29) is 35.0 Å². The number of carbonyl (C=O) groups excluding carboxylic acids is 1. The molecule has 1 unspecified atom stereocenters. The van der Waals surface area contributed by atoms with Gasteiger partial charge in [-0.3, -0.25) is 4.79 Å². The Morgan fingerprint density at radius 1 is 1.22 bits per heavy atom. The second-order valence-corrected chi connectivity index (χ2v) is 7.91. The van der Waals surface area contributed by atoms with Gasteiger partial charge in [-0.05, 0) is 23.0 Å². The SMILES string of the molecule is CC(C)c1ccc(C(NC(=O)CSc2ncc(C#N)c(N)n2)C(C)C)cc1. The van der Waals surface area contributed by atoms with Crippen molar-refractivity contribution < 1.29 is 4.79 Å². The number of nitrogens with two attached hydrogens (primary N) is 1. The second-order valence-electron chi connectivity index (χ2n) is 6.96. The van der Waals surface area contributed by atoms with Gasteiger partial charge in [-0.2, -0.15) is 5.26 Å². The minimum atomic E-state index is -0.0989. The van der Waals surface area contributed by atoms with Crippen LogP contribution in [0.25, 0.3) is 0 Å². The van der Waals surface area contributed by atoms with Gasteiger partial charge in [0.25, 0.3) is 0 Å². The first-order valence-corrected chi connectivity index (χ1v) is 9.85. The lowest BCUT2D eigenvalue weighted by Crippen LogP contribution is -2.33. The highest BCUT2D eigenvalue weighted by atomic mass is 32.2. The Morgan fingerprint density at radius 2 is 1.85 bits per heavy atom. The molecular formula is C20H25N5OS. The lowest BCUT2D eigenvalue weighted by Gasteiger charge is -2.23. The third kappa shape index (κ3) is 5.69. The van der Waals surface area contributed by atoms with Crippen molar-refractivity contribution in [3.05, 3.63) is 47.2 Å². The zero-order chi connectivity index (χ0) is 20.0. The fourth-order valence-corrected chi connectivity index (χ4v) is 3.24. The molecule has 0 radical (unpaired) electrons. The molecule has 1 aromatic heterocycles. The Balaban J connectivity index is 2.00. The van der Waals surface area contributed by atoms with Crippen molar-refractivity contribution in [2.75, 3.05) is 11.5 Å². The highest BCUT2D eigenvalue weighted by molar-refractivity contribution is 7.99. The van der Waals surface area contributed by atoms with Crippen LogP contribution in [0.5, 0.6) is 0 Å². The lowest BCUT2D eigenvalue weighted by molar-refractivity contribution is -0.119. The molecule has 2 aromatic rings. The molecule has 1 heterocycles. The number of hydrogen-bond donors (Lipinski definition) is 2. The highest BCUT2D eigenvalue weighted by Crippen LogP contribution is 2.24. The molecule has 2 rings (SSSR count). The average Bonchev–Trinajstić information content (AvgIpc) is 2.64. The summed E-state index contributed by atoms with van der Waals surface area (Å²) in [5.41, 5.74) is 8.28. The predicted octanol–water partition coefficient (Wildman–Crippen LogP) is 3.66. The maximum absolute atomic E-state index is 12.4. The number of thioether (sulfide) groups is 1. The minimum Gasteiger partial charge on any atom is -0.382 e. The summed E-state index contributed by atoms with van der Waals surface area (Å²) in [5.74, 6) is 0.936. The standard InChI is InChI=1S/C20H25N5OS/c1-12(2)14-5-7-15(8-6-14)18(13(3)4)24-17(26)11-27-20-23-10-16(9-21)19(22)25-20/h5-8,10,12-13,18H,11H2,1-4H3,(H,24,26)(H2,22,23,25). The summed E-state index contributed by atoms with van der Waals surface area (Å²) < 4.78 is 0. The number of amides is 1. The summed E-state index contributed by atoms with van der Waals surface area (Å²) >= 11 is 1.19. The van der Waals surface area contributed by atoms with Crippen LogP contribution in [0.4, 0.5) is 5.82 Å². The van der Waals surface area contributed by atoms with Crippen LogP contribution < -0.4 is 11.1 Å². The van der Waals surface area contributed by atoms with Crippen LogP contribution in [0.15, 0.2) is 35.6 Å². The molecule has 0 spiro atoms. The van der Waals surface area contributed by atoms with Crippen LogP contribution in [-0.4, -0.2) is 21.6 Å². The summed E-state index contributed by atoms with van der Waals surface area (Å²) in [6.07, 6.45) is 1.37. The summed E-state index contributed by atoms with van der Waals surface area (Å²) in [6, 6.07) is 10.2. The summed E-state index contributed by atoms with van der Waals surface area (Å²) in [5, 5.41) is 12.3. The van der Waals surface area contributed by atoms with Gasteiger partial charge < -0.3 is 11.1 Å². The van der Waals surface area contributed by atoms with Crippen LogP contribution in [-0.2, 0) is 4.79 Å². The Bertz CT molecular complexity index is 827. The van der Waals surface area contributed by atoms with Crippen LogP contribution in [0, 0.1) is 17.2 Å². The topological polar surface area (TPSA) is 105 Å². The van der Waals surface area contributed by atoms with Gasteiger partial charge in [0.2, 0.25) is 5.91 Å². The van der Waals surface area contributed by atoms with Gasteiger partial charge in [0.1, 0.15) is 17.5 Å². The van der Waals surface area contributed by atoms with Crippen molar-refractivity contribution in [3.8, 4) is 6.07 Å². The minimum absolute atomic E-state index is 0.0636. The molecule has 6 nitrogen and oxygen atoms in total. The molecule has 1 aromatic carbocycles. The van der Waals surface area contributed by atoms with Gasteiger partial charge in [0, 0.05) is 0 Å². The van der Waals surface area contributed by atoms with Crippen molar-refractivity contribution >= 4 is 23.5 Å². The van der Waals surface area contributed by atoms with Crippen molar-refractivity contribution in [1.29, 1.82) is 5.26 Å². The van der Waals surface area contributed by atoms with Gasteiger partial charge in [0.05, 0.1) is 18.0 Å². The van der Waals surface area contributed by atoms with Gasteiger partial charge in [0.15, 0.2) is 5.16 Å². The fraction of sp³-hybridized carbons (Fsp3) is 0.400. The summed E-state index contributed by atoms with van der Waals surface area (Å²) in [7, 11) is 0. The van der Waals surface area contributed by atoms with Crippen LogP contribution >= 0.6 is 11.8 Å². The number of carbonyl (C=O) groups is 1. The molecule has 7 heteroatoms. The van der Waals surface area contributed by atoms with E-state index >= 15 is 0 Å². The van der Waals surface area contributed by atoms with E-state index in [1.807, 2.05) is 6.07 Å². The monoisotopic (exact) mass is 383 g/mol. The van der Waals surface area contributed by atoms with E-state index in [2.05, 4.69) is 67.2 Å². The third-order valence-corrected chi connectivity index (χ3v) is 5.06. The smallest absolute Gasteiger partial charge is 0.230 e. The van der Waals surface area contributed by atoms with Gasteiger partial charge in [-0.15, -0.1) is 0 Å². The maximum Gasteiger partial charge on any atom is 0.230 e. The Labute approximate surface area is 164 Å². The molecule has 3 N–H and O–H groups in total. The largest absolute Gasteiger partial charge is 0.382 e. The molecule has 1 amide bonds. The van der Waals surface area contributed by atoms with Crippen molar-refractivity contribution in [3.63, 3.8) is 0 Å². The predicted molar refractivity (Wildman–Crippen MR) is 108 cm³/mol. The highest BCUT2D eigenvalue weighted by Gasteiger charge is 2.19. The number of rotatable bonds is 7. The molecule has 0 aliphatic carbocycles. The van der Waals surface area contributed by atoms with E-state index < -0.39 is 0 Å². The fourth-order valence-electron chi connectivity index (χ4n) is 2.60. The molecule has 1 atom stereocenters. The van der Waals surface area contributed by atoms with E-state index in [0.29, 0.717) is 11.1 Å². The zero-order valence-electron chi connectivity index (χ0n) is 16.1. The van der Waals surface area contributed by atoms with E-state index in [4.69, 9.17) is 11.0 Å². The summed E-state index contributed by atoms with van der Waals surface area (Å²) in [6.45, 7) is 8.48. The number of hydrogen-bond acceptors (Lipinski definition) is 6. The number of aromatic nitrogens is 2. The number of nitrogen functional groups attached to an aromatic ring is 1. The van der Waals surface area contributed by atoms with Crippen molar-refractivity contribution in [2.24, 2.45) is 5.92 Å². The van der Waals surface area contributed by atoms with Crippen molar-refractivity contribution in [1.82, 2.24) is 15.3 Å². The first-order valence-electron chi connectivity index (χ1n) is 8.86. The zero-order valence-corrected chi connectivity index (χ0v) is 16.9. The second kappa shape index (κ2) is 9.38. The number of nitriles is 1. The first kappa shape index (κ1) is 20.7. The molecular weight excluding hydrogens is 358 g/mol. The summed E-state index contributed by atoms with van der Waals surface area (Å²) in [4.78, 5) is 20.5. The number of anilines is 1. The van der Waals surface area contributed by atoms with Crippen molar-refractivity contribution in [2.45, 2.75) is 44.8 Å². The molecule has 0 aliphatic rings. The van der Waals surface area contributed by atoms with Crippen LogP contribution in [0.2, 0.25) is 0 Å². The Morgan fingerprint density at radius 3 is 2.37 bits per heavy atom. The van der Waals surface area contributed by atoms with E-state index in [0.717, 1.165) is 5.56 Å². The number of benzene rings is 1. The molecule has 0 saturated heterocycles. The molecule has 0 aliphatic heterocycles. The normalized spacial score (nSPS) is 12.0. The van der Waals surface area contributed by atoms with Gasteiger partial charge in [-0.25, -0.2) is 9.97 Å². The average molecular weight is 384 g/mol. The van der Waals surface area contributed by atoms with Gasteiger partial charge in [-0.1, -0.05) is 63.7 Å². The third-order valence-electron chi connectivity index (χ3n) is 4.19. The molecule has 0 fully saturated rings.